The minimum absolute atomic E-state index is 0.171. The smallest absolute Gasteiger partial charge is 0.136 e. The maximum atomic E-state index is 6.73. The van der Waals surface area contributed by atoms with Crippen molar-refractivity contribution in [3.63, 3.8) is 0 Å². The number of rotatable bonds is 7. The number of furan rings is 2. The van der Waals surface area contributed by atoms with Gasteiger partial charge in [-0.3, -0.25) is 0 Å². The van der Waals surface area contributed by atoms with Crippen molar-refractivity contribution < 1.29 is 8.83 Å². The Morgan fingerprint density at radius 3 is 1.52 bits per heavy atom. The molecule has 0 saturated carbocycles. The van der Waals surface area contributed by atoms with Gasteiger partial charge >= 0.3 is 0 Å². The molecule has 1 aliphatic carbocycles. The van der Waals surface area contributed by atoms with Gasteiger partial charge in [-0.2, -0.15) is 0 Å². The van der Waals surface area contributed by atoms with E-state index in [0.29, 0.717) is 0 Å². The Bertz CT molecular complexity index is 4460. The average Bonchev–Trinajstić information content (AvgIpc) is 4.18. The molecular formula is C71H51NO2Si. The molecule has 0 spiro atoms. The van der Waals surface area contributed by atoms with Crippen molar-refractivity contribution in [2.45, 2.75) is 32.4 Å². The standard InChI is InChI=1S/C71H51NO2Si/c1-71(2)58-24-12-8-19-50(58)51-38-33-47(43-59(51)71)67-54(40-42-64-69(67)57-22-10-14-27-62(57)74-64)53-39-41-63-68(56-21-9-13-26-61(56)73-63)66(53)46-31-36-49(37-32-46)72(48-34-29-45(30-35-48)44-17-6-5-7-18-44)60-25-16-23-55-52-20-11-15-28-65(52)75(3,4)70(55)60/h5-43H,1-4H3. The van der Waals surface area contributed by atoms with Crippen LogP contribution in [0.5, 0.6) is 0 Å². The van der Waals surface area contributed by atoms with Crippen molar-refractivity contribution in [1.82, 2.24) is 0 Å². The summed E-state index contributed by atoms with van der Waals surface area (Å²) in [6.07, 6.45) is 0. The fourth-order valence-corrected chi connectivity index (χ4v) is 16.6. The summed E-state index contributed by atoms with van der Waals surface area (Å²) in [5, 5.41) is 7.37. The largest absolute Gasteiger partial charge is 0.456 e. The van der Waals surface area contributed by atoms with Crippen LogP contribution in [0.2, 0.25) is 13.1 Å². The quantitative estimate of drug-likeness (QED) is 0.149. The van der Waals surface area contributed by atoms with Crippen molar-refractivity contribution in [3.05, 3.63) is 248 Å². The Morgan fingerprint density at radius 1 is 0.360 bits per heavy atom. The van der Waals surface area contributed by atoms with Gasteiger partial charge in [0, 0.05) is 55.1 Å². The lowest BCUT2D eigenvalue weighted by Gasteiger charge is -2.31. The lowest BCUT2D eigenvalue weighted by atomic mass is 9.80. The van der Waals surface area contributed by atoms with Crippen LogP contribution < -0.4 is 15.3 Å². The Kier molecular flexibility index (Phi) is 9.46. The van der Waals surface area contributed by atoms with Crippen LogP contribution in [0.3, 0.4) is 0 Å². The highest BCUT2D eigenvalue weighted by Gasteiger charge is 2.41. The molecule has 3 heterocycles. The molecule has 0 atom stereocenters. The Balaban J connectivity index is 0.956. The average molecular weight is 978 g/mol. The first kappa shape index (κ1) is 43.6. The first-order valence-corrected chi connectivity index (χ1v) is 29.2. The molecule has 75 heavy (non-hydrogen) atoms. The number of para-hydroxylation sites is 2. The van der Waals surface area contributed by atoms with Gasteiger partial charge in [-0.25, -0.2) is 0 Å². The van der Waals surface area contributed by atoms with E-state index in [2.05, 4.69) is 268 Å². The van der Waals surface area contributed by atoms with Crippen molar-refractivity contribution in [3.8, 4) is 66.8 Å². The summed E-state index contributed by atoms with van der Waals surface area (Å²) in [5.41, 5.74) is 24.0. The van der Waals surface area contributed by atoms with Crippen LogP contribution in [-0.4, -0.2) is 8.07 Å². The van der Waals surface area contributed by atoms with E-state index < -0.39 is 8.07 Å². The number of hydrogen-bond donors (Lipinski definition) is 0. The van der Waals surface area contributed by atoms with E-state index in [1.165, 1.54) is 60.6 Å². The van der Waals surface area contributed by atoms with Gasteiger partial charge < -0.3 is 13.7 Å². The second-order valence-electron chi connectivity index (χ2n) is 21.5. The molecule has 11 aromatic carbocycles. The van der Waals surface area contributed by atoms with Gasteiger partial charge in [0.25, 0.3) is 0 Å². The van der Waals surface area contributed by atoms with Gasteiger partial charge in [-0.05, 0) is 150 Å². The number of fused-ring (bicyclic) bond motifs is 12. The van der Waals surface area contributed by atoms with Gasteiger partial charge in [0.15, 0.2) is 0 Å². The van der Waals surface area contributed by atoms with Crippen LogP contribution in [0.1, 0.15) is 25.0 Å². The molecule has 2 aromatic heterocycles. The normalized spacial score (nSPS) is 13.8. The fraction of sp³-hybridized carbons (Fsp3) is 0.0704. The molecular weight excluding hydrogens is 927 g/mol. The first-order chi connectivity index (χ1) is 36.7. The van der Waals surface area contributed by atoms with Crippen LogP contribution in [0.4, 0.5) is 17.1 Å². The number of benzene rings is 11. The Hall–Kier alpha value is -8.96. The van der Waals surface area contributed by atoms with Crippen LogP contribution in [-0.2, 0) is 5.41 Å². The van der Waals surface area contributed by atoms with Gasteiger partial charge in [-0.15, -0.1) is 0 Å². The molecule has 356 valence electrons. The summed E-state index contributed by atoms with van der Waals surface area (Å²) in [6, 6.07) is 87.0. The number of anilines is 3. The fourth-order valence-electron chi connectivity index (χ4n) is 13.2. The van der Waals surface area contributed by atoms with E-state index in [0.717, 1.165) is 88.6 Å². The van der Waals surface area contributed by atoms with Gasteiger partial charge in [-0.1, -0.05) is 191 Å². The zero-order valence-electron chi connectivity index (χ0n) is 42.3. The molecule has 0 bridgehead atoms. The highest BCUT2D eigenvalue weighted by molar-refractivity contribution is 7.04. The van der Waals surface area contributed by atoms with Gasteiger partial charge in [0.1, 0.15) is 30.4 Å². The molecule has 15 rings (SSSR count). The zero-order chi connectivity index (χ0) is 50.2. The van der Waals surface area contributed by atoms with E-state index in [4.69, 9.17) is 8.83 Å². The SMILES string of the molecule is CC1(C)c2ccccc2-c2ccc(-c3c(-c4ccc5oc6ccccc6c5c4-c4ccc(N(c5ccc(-c6ccccc6)cc5)c5cccc6c5[Si](C)(C)c5ccccc5-6)cc4)ccc4oc5ccccc5c34)cc21. The molecule has 0 amide bonds. The predicted molar refractivity (Wildman–Crippen MR) is 317 cm³/mol. The van der Waals surface area contributed by atoms with Crippen LogP contribution in [0, 0.1) is 0 Å². The van der Waals surface area contributed by atoms with Crippen molar-refractivity contribution in [2.24, 2.45) is 0 Å². The van der Waals surface area contributed by atoms with E-state index in [1.54, 1.807) is 0 Å². The van der Waals surface area contributed by atoms with E-state index in [1.807, 2.05) is 0 Å². The second-order valence-corrected chi connectivity index (χ2v) is 25.8. The predicted octanol–water partition coefficient (Wildman–Crippen LogP) is 18.7. The summed E-state index contributed by atoms with van der Waals surface area (Å²) in [6.45, 7) is 9.76. The summed E-state index contributed by atoms with van der Waals surface area (Å²) >= 11 is 0. The lowest BCUT2D eigenvalue weighted by molar-refractivity contribution is 0.660. The maximum absolute atomic E-state index is 6.73. The topological polar surface area (TPSA) is 29.5 Å². The summed E-state index contributed by atoms with van der Waals surface area (Å²) < 4.78 is 13.4. The summed E-state index contributed by atoms with van der Waals surface area (Å²) in [5.74, 6) is 0. The zero-order valence-corrected chi connectivity index (χ0v) is 43.3. The van der Waals surface area contributed by atoms with E-state index in [9.17, 15) is 0 Å². The summed E-state index contributed by atoms with van der Waals surface area (Å²) in [4.78, 5) is 2.50. The monoisotopic (exact) mass is 977 g/mol. The maximum Gasteiger partial charge on any atom is 0.136 e. The third-order valence-electron chi connectivity index (χ3n) is 16.7. The molecule has 4 heteroatoms. The Morgan fingerprint density at radius 2 is 0.853 bits per heavy atom. The third kappa shape index (κ3) is 6.46. The van der Waals surface area contributed by atoms with Crippen LogP contribution >= 0.6 is 0 Å². The molecule has 0 saturated heterocycles. The van der Waals surface area contributed by atoms with Crippen LogP contribution in [0.25, 0.3) is 111 Å². The molecule has 0 unspecified atom stereocenters. The van der Waals surface area contributed by atoms with Crippen molar-refractivity contribution >= 4 is 79.4 Å². The van der Waals surface area contributed by atoms with Crippen molar-refractivity contribution in [2.75, 3.05) is 4.90 Å². The lowest BCUT2D eigenvalue weighted by Crippen LogP contribution is -2.50. The minimum atomic E-state index is -2.13. The molecule has 13 aromatic rings. The molecule has 3 nitrogen and oxygen atoms in total. The highest BCUT2D eigenvalue weighted by Crippen LogP contribution is 2.53. The van der Waals surface area contributed by atoms with Gasteiger partial charge in [0.2, 0.25) is 0 Å². The molecule has 0 N–H and O–H groups in total. The van der Waals surface area contributed by atoms with Crippen LogP contribution in [0.15, 0.2) is 245 Å². The third-order valence-corrected chi connectivity index (χ3v) is 20.3. The van der Waals surface area contributed by atoms with Gasteiger partial charge in [0.05, 0.1) is 0 Å². The summed E-state index contributed by atoms with van der Waals surface area (Å²) in [7, 11) is -2.13. The number of nitrogens with zero attached hydrogens (tertiary/aromatic N) is 1. The van der Waals surface area contributed by atoms with E-state index >= 15 is 0 Å². The first-order valence-electron chi connectivity index (χ1n) is 26.2. The highest BCUT2D eigenvalue weighted by atomic mass is 28.3. The molecule has 1 aliphatic heterocycles. The molecule has 0 fully saturated rings. The number of hydrogen-bond acceptors (Lipinski definition) is 3. The Labute approximate surface area is 437 Å². The molecule has 0 radical (unpaired) electrons. The van der Waals surface area contributed by atoms with Crippen molar-refractivity contribution in [1.29, 1.82) is 0 Å². The van der Waals surface area contributed by atoms with E-state index in [-0.39, 0.29) is 5.41 Å². The minimum Gasteiger partial charge on any atom is -0.456 e. The second kappa shape index (κ2) is 16.3. The molecule has 2 aliphatic rings.